The van der Waals surface area contributed by atoms with E-state index < -0.39 is 17.7 Å². The van der Waals surface area contributed by atoms with Crippen LogP contribution >= 0.6 is 0 Å². The van der Waals surface area contributed by atoms with Crippen molar-refractivity contribution in [2.24, 2.45) is 0 Å². The van der Waals surface area contributed by atoms with Gasteiger partial charge in [-0.1, -0.05) is 31.9 Å². The maximum absolute atomic E-state index is 13.8. The Morgan fingerprint density at radius 1 is 1.18 bits per heavy atom. The normalized spacial score (nSPS) is 15.7. The third-order valence-electron chi connectivity index (χ3n) is 7.01. The van der Waals surface area contributed by atoms with Crippen LogP contribution in [0.15, 0.2) is 36.4 Å². The van der Waals surface area contributed by atoms with Gasteiger partial charge in [-0.2, -0.15) is 13.2 Å². The van der Waals surface area contributed by atoms with Crippen LogP contribution in [0.2, 0.25) is 0 Å². The Labute approximate surface area is 197 Å². The number of carbonyl (C=O) groups is 1. The Morgan fingerprint density at radius 3 is 2.56 bits per heavy atom. The minimum Gasteiger partial charge on any atom is -0.489 e. The number of aromatic nitrogens is 1. The number of ether oxygens (including phenoxy) is 1. The largest absolute Gasteiger partial charge is 0.489 e. The SMILES string of the molecule is CC[C@H](CC(=O)O)c1[nH]c2ccc(OCc3ccc(C4CCCC4)c(C(F)(F)F)c3)cc2c1C. The summed E-state index contributed by atoms with van der Waals surface area (Å²) in [5.41, 5.74) is 3.07. The molecule has 1 atom stereocenters. The van der Waals surface area contributed by atoms with E-state index in [0.29, 0.717) is 23.3 Å². The van der Waals surface area contributed by atoms with Crippen molar-refractivity contribution in [1.82, 2.24) is 4.98 Å². The van der Waals surface area contributed by atoms with Crippen molar-refractivity contribution in [2.45, 2.75) is 77.0 Å². The molecule has 34 heavy (non-hydrogen) atoms. The first kappa shape index (κ1) is 24.2. The van der Waals surface area contributed by atoms with E-state index >= 15 is 0 Å². The van der Waals surface area contributed by atoms with E-state index in [2.05, 4.69) is 4.98 Å². The molecule has 1 aliphatic rings. The molecule has 1 aromatic heterocycles. The lowest BCUT2D eigenvalue weighted by atomic mass is 9.91. The molecule has 182 valence electrons. The van der Waals surface area contributed by atoms with E-state index in [1.807, 2.05) is 26.0 Å². The van der Waals surface area contributed by atoms with E-state index in [4.69, 9.17) is 4.74 Å². The molecule has 0 unspecified atom stereocenters. The summed E-state index contributed by atoms with van der Waals surface area (Å²) in [6.07, 6.45) is -0.0781. The molecule has 4 nitrogen and oxygen atoms in total. The van der Waals surface area contributed by atoms with Gasteiger partial charge < -0.3 is 14.8 Å². The Hall–Kier alpha value is -2.96. The third kappa shape index (κ3) is 5.08. The lowest BCUT2D eigenvalue weighted by Gasteiger charge is -2.19. The molecular formula is C27H30F3NO3. The van der Waals surface area contributed by atoms with Crippen LogP contribution in [0.5, 0.6) is 5.75 Å². The van der Waals surface area contributed by atoms with Gasteiger partial charge in [0.25, 0.3) is 0 Å². The van der Waals surface area contributed by atoms with Crippen LogP contribution in [-0.2, 0) is 17.6 Å². The highest BCUT2D eigenvalue weighted by Crippen LogP contribution is 2.42. The van der Waals surface area contributed by atoms with Crippen LogP contribution in [0, 0.1) is 6.92 Å². The summed E-state index contributed by atoms with van der Waals surface area (Å²) in [5, 5.41) is 10.1. The van der Waals surface area contributed by atoms with Gasteiger partial charge >= 0.3 is 12.1 Å². The molecule has 1 fully saturated rings. The monoisotopic (exact) mass is 473 g/mol. The van der Waals surface area contributed by atoms with Gasteiger partial charge in [-0.25, -0.2) is 0 Å². The number of aromatic amines is 1. The fourth-order valence-electron chi connectivity index (χ4n) is 5.18. The van der Waals surface area contributed by atoms with Crippen LogP contribution in [-0.4, -0.2) is 16.1 Å². The summed E-state index contributed by atoms with van der Waals surface area (Å²) in [4.78, 5) is 14.6. The predicted octanol–water partition coefficient (Wildman–Crippen LogP) is 7.70. The molecule has 3 aromatic rings. The van der Waals surface area contributed by atoms with Gasteiger partial charge in [0.2, 0.25) is 0 Å². The molecule has 2 N–H and O–H groups in total. The van der Waals surface area contributed by atoms with Gasteiger partial charge in [-0.3, -0.25) is 4.79 Å². The number of alkyl halides is 3. The second-order valence-electron chi connectivity index (χ2n) is 9.26. The molecule has 0 radical (unpaired) electrons. The topological polar surface area (TPSA) is 62.3 Å². The molecule has 1 saturated carbocycles. The molecule has 1 heterocycles. The van der Waals surface area contributed by atoms with Crippen molar-refractivity contribution in [3.05, 3.63) is 64.3 Å². The summed E-state index contributed by atoms with van der Waals surface area (Å²) in [6, 6.07) is 10.1. The summed E-state index contributed by atoms with van der Waals surface area (Å²) in [6.45, 7) is 3.94. The fourth-order valence-corrected chi connectivity index (χ4v) is 5.18. The lowest BCUT2D eigenvalue weighted by molar-refractivity contribution is -0.139. The number of hydrogen-bond donors (Lipinski definition) is 2. The number of hydrogen-bond acceptors (Lipinski definition) is 2. The highest BCUT2D eigenvalue weighted by molar-refractivity contribution is 5.86. The first-order valence-corrected chi connectivity index (χ1v) is 11.8. The van der Waals surface area contributed by atoms with Gasteiger partial charge in [0.05, 0.1) is 12.0 Å². The quantitative estimate of drug-likeness (QED) is 0.352. The first-order chi connectivity index (χ1) is 16.2. The smallest absolute Gasteiger partial charge is 0.416 e. The number of carboxylic acid groups (broad SMARTS) is 1. The molecule has 1 aliphatic carbocycles. The summed E-state index contributed by atoms with van der Waals surface area (Å²) < 4.78 is 47.1. The molecule has 0 spiro atoms. The van der Waals surface area contributed by atoms with Crippen LogP contribution in [0.25, 0.3) is 10.9 Å². The molecule has 2 aromatic carbocycles. The minimum absolute atomic E-state index is 0.0205. The average Bonchev–Trinajstić information content (AvgIpc) is 3.44. The second-order valence-corrected chi connectivity index (χ2v) is 9.26. The number of aryl methyl sites for hydroxylation is 1. The number of rotatable bonds is 8. The Balaban J connectivity index is 1.55. The summed E-state index contributed by atoms with van der Waals surface area (Å²) >= 11 is 0. The number of H-pyrrole nitrogens is 1. The minimum atomic E-state index is -4.39. The van der Waals surface area contributed by atoms with Gasteiger partial charge in [0, 0.05) is 22.5 Å². The summed E-state index contributed by atoms with van der Waals surface area (Å²) in [7, 11) is 0. The van der Waals surface area contributed by atoms with E-state index in [0.717, 1.165) is 47.8 Å². The van der Waals surface area contributed by atoms with Crippen molar-refractivity contribution >= 4 is 16.9 Å². The molecular weight excluding hydrogens is 443 g/mol. The predicted molar refractivity (Wildman–Crippen MR) is 125 cm³/mol. The maximum Gasteiger partial charge on any atom is 0.416 e. The Kier molecular flexibility index (Phi) is 6.91. The third-order valence-corrected chi connectivity index (χ3v) is 7.01. The fraction of sp³-hybridized carbons (Fsp3) is 0.444. The first-order valence-electron chi connectivity index (χ1n) is 11.8. The lowest BCUT2D eigenvalue weighted by Crippen LogP contribution is -2.12. The molecule has 7 heteroatoms. The summed E-state index contributed by atoms with van der Waals surface area (Å²) in [5.74, 6) is -0.423. The van der Waals surface area contributed by atoms with Crippen molar-refractivity contribution < 1.29 is 27.8 Å². The van der Waals surface area contributed by atoms with E-state index in [1.54, 1.807) is 18.2 Å². The van der Waals surface area contributed by atoms with Crippen molar-refractivity contribution in [3.63, 3.8) is 0 Å². The Morgan fingerprint density at radius 2 is 1.91 bits per heavy atom. The maximum atomic E-state index is 13.8. The number of fused-ring (bicyclic) bond motifs is 1. The zero-order valence-corrected chi connectivity index (χ0v) is 19.5. The van der Waals surface area contributed by atoms with Crippen LogP contribution in [0.1, 0.15) is 85.2 Å². The highest BCUT2D eigenvalue weighted by Gasteiger charge is 2.36. The molecule has 0 saturated heterocycles. The van der Waals surface area contributed by atoms with Crippen molar-refractivity contribution in [3.8, 4) is 5.75 Å². The second kappa shape index (κ2) is 9.72. The molecule has 0 amide bonds. The van der Waals surface area contributed by atoms with E-state index in [9.17, 15) is 23.1 Å². The van der Waals surface area contributed by atoms with E-state index in [-0.39, 0.29) is 24.9 Å². The van der Waals surface area contributed by atoms with Crippen LogP contribution in [0.3, 0.4) is 0 Å². The number of aliphatic carboxylic acids is 1. The number of benzene rings is 2. The number of nitrogens with one attached hydrogen (secondary N) is 1. The number of halogens is 3. The van der Waals surface area contributed by atoms with Gasteiger partial charge in [-0.05, 0) is 73.1 Å². The van der Waals surface area contributed by atoms with Crippen LogP contribution in [0.4, 0.5) is 13.2 Å². The molecule has 0 bridgehead atoms. The zero-order chi connectivity index (χ0) is 24.5. The highest BCUT2D eigenvalue weighted by atomic mass is 19.4. The van der Waals surface area contributed by atoms with Crippen molar-refractivity contribution in [2.75, 3.05) is 0 Å². The zero-order valence-electron chi connectivity index (χ0n) is 19.5. The van der Waals surface area contributed by atoms with Crippen molar-refractivity contribution in [1.29, 1.82) is 0 Å². The van der Waals surface area contributed by atoms with Gasteiger partial charge in [0.1, 0.15) is 12.4 Å². The Bertz CT molecular complexity index is 1180. The molecule has 4 rings (SSSR count). The standard InChI is InChI=1S/C27H30F3NO3/c1-3-18(13-25(32)33)26-16(2)22-14-20(9-11-24(22)31-26)34-15-17-8-10-21(19-6-4-5-7-19)23(12-17)27(28,29)30/h8-12,14,18-19,31H,3-7,13,15H2,1-2H3,(H,32,33)/t18-/m1/s1. The van der Waals surface area contributed by atoms with Gasteiger partial charge in [0.15, 0.2) is 0 Å². The number of carboxylic acids is 1. The van der Waals surface area contributed by atoms with Crippen LogP contribution < -0.4 is 4.74 Å². The average molecular weight is 474 g/mol. The van der Waals surface area contributed by atoms with E-state index in [1.165, 1.54) is 6.07 Å². The molecule has 0 aliphatic heterocycles. The van der Waals surface area contributed by atoms with Gasteiger partial charge in [-0.15, -0.1) is 0 Å².